The van der Waals surface area contributed by atoms with Gasteiger partial charge in [0, 0.05) is 31.9 Å². The van der Waals surface area contributed by atoms with Crippen molar-refractivity contribution in [2.24, 2.45) is 5.92 Å². The van der Waals surface area contributed by atoms with Gasteiger partial charge in [0.05, 0.1) is 6.04 Å². The molecule has 1 atom stereocenters. The maximum Gasteiger partial charge on any atom is 0.293 e. The molecule has 1 aromatic heterocycles. The van der Waals surface area contributed by atoms with Crippen LogP contribution >= 0.6 is 0 Å². The van der Waals surface area contributed by atoms with Gasteiger partial charge >= 0.3 is 0 Å². The second-order valence-electron chi connectivity index (χ2n) is 4.98. The summed E-state index contributed by atoms with van der Waals surface area (Å²) in [5.41, 5.74) is -0.134. The van der Waals surface area contributed by atoms with Gasteiger partial charge in [-0.2, -0.15) is 0 Å². The van der Waals surface area contributed by atoms with E-state index in [4.69, 9.17) is 0 Å². The number of aromatic nitrogens is 2. The second-order valence-corrected chi connectivity index (χ2v) is 4.98. The van der Waals surface area contributed by atoms with Crippen molar-refractivity contribution in [1.82, 2.24) is 14.9 Å². The molecular weight excluding hydrogens is 232 g/mol. The van der Waals surface area contributed by atoms with Crippen molar-refractivity contribution < 1.29 is 4.79 Å². The molecule has 1 aliphatic heterocycles. The lowest BCUT2D eigenvalue weighted by Crippen LogP contribution is -2.31. The maximum atomic E-state index is 12.1. The summed E-state index contributed by atoms with van der Waals surface area (Å²) in [7, 11) is 0. The quantitative estimate of drug-likeness (QED) is 0.800. The standard InChI is InChI=1S/C12H18N4O2/c1-8(2)7-16-4-3-13-11(12(16)18)15-9-5-10(17)14-6-9/h3-4,8-9H,5-7H2,1-2H3,(H,13,15)(H,14,17). The van der Waals surface area contributed by atoms with Crippen molar-refractivity contribution in [3.63, 3.8) is 0 Å². The SMILES string of the molecule is CC(C)Cn1ccnc(NC2CNC(=O)C2)c1=O. The largest absolute Gasteiger partial charge is 0.360 e. The number of hydrogen-bond acceptors (Lipinski definition) is 4. The van der Waals surface area contributed by atoms with E-state index in [2.05, 4.69) is 29.5 Å². The van der Waals surface area contributed by atoms with E-state index < -0.39 is 0 Å². The molecule has 0 bridgehead atoms. The number of nitrogens with zero attached hydrogens (tertiary/aromatic N) is 2. The Morgan fingerprint density at radius 2 is 2.33 bits per heavy atom. The molecule has 2 rings (SSSR count). The van der Waals surface area contributed by atoms with Crippen LogP contribution < -0.4 is 16.2 Å². The van der Waals surface area contributed by atoms with Crippen LogP contribution in [0.1, 0.15) is 20.3 Å². The molecule has 0 aromatic carbocycles. The number of anilines is 1. The van der Waals surface area contributed by atoms with Gasteiger partial charge in [0.25, 0.3) is 5.56 Å². The van der Waals surface area contributed by atoms with Crippen LogP contribution in [0, 0.1) is 5.92 Å². The third kappa shape index (κ3) is 2.88. The molecule has 6 heteroatoms. The first-order valence-electron chi connectivity index (χ1n) is 6.15. The highest BCUT2D eigenvalue weighted by Gasteiger charge is 2.22. The van der Waals surface area contributed by atoms with Crippen LogP contribution in [0.2, 0.25) is 0 Å². The maximum absolute atomic E-state index is 12.1. The average molecular weight is 250 g/mol. The highest BCUT2D eigenvalue weighted by atomic mass is 16.2. The van der Waals surface area contributed by atoms with Gasteiger partial charge in [0.2, 0.25) is 5.91 Å². The number of rotatable bonds is 4. The molecule has 18 heavy (non-hydrogen) atoms. The summed E-state index contributed by atoms with van der Waals surface area (Å²) in [4.78, 5) is 27.2. The Kier molecular flexibility index (Phi) is 3.64. The minimum Gasteiger partial charge on any atom is -0.360 e. The minimum absolute atomic E-state index is 0.00550. The molecule has 1 aromatic rings. The number of nitrogens with one attached hydrogen (secondary N) is 2. The highest BCUT2D eigenvalue weighted by Crippen LogP contribution is 2.06. The molecule has 0 aliphatic carbocycles. The fraction of sp³-hybridized carbons (Fsp3) is 0.583. The second kappa shape index (κ2) is 5.20. The van der Waals surface area contributed by atoms with E-state index in [-0.39, 0.29) is 17.5 Å². The molecule has 2 heterocycles. The van der Waals surface area contributed by atoms with Crippen LogP contribution in [0.15, 0.2) is 17.2 Å². The number of carbonyl (C=O) groups is 1. The molecule has 1 amide bonds. The lowest BCUT2D eigenvalue weighted by atomic mass is 10.2. The first kappa shape index (κ1) is 12.6. The first-order valence-corrected chi connectivity index (χ1v) is 6.15. The zero-order chi connectivity index (χ0) is 13.1. The fourth-order valence-electron chi connectivity index (χ4n) is 1.98. The van der Waals surface area contributed by atoms with Crippen LogP contribution in [0.3, 0.4) is 0 Å². The highest BCUT2D eigenvalue weighted by molar-refractivity contribution is 5.79. The normalized spacial score (nSPS) is 19.1. The Hall–Kier alpha value is -1.85. The van der Waals surface area contributed by atoms with Gasteiger partial charge in [-0.1, -0.05) is 13.8 Å². The van der Waals surface area contributed by atoms with Gasteiger partial charge in [-0.15, -0.1) is 0 Å². The zero-order valence-electron chi connectivity index (χ0n) is 10.6. The lowest BCUT2D eigenvalue weighted by Gasteiger charge is -2.13. The van der Waals surface area contributed by atoms with Gasteiger partial charge in [-0.05, 0) is 5.92 Å². The topological polar surface area (TPSA) is 76.0 Å². The molecule has 98 valence electrons. The van der Waals surface area contributed by atoms with E-state index in [1.165, 1.54) is 0 Å². The summed E-state index contributed by atoms with van der Waals surface area (Å²) in [5.74, 6) is 0.721. The molecule has 1 unspecified atom stereocenters. The smallest absolute Gasteiger partial charge is 0.293 e. The summed E-state index contributed by atoms with van der Waals surface area (Å²) in [6, 6.07) is -0.0485. The van der Waals surface area contributed by atoms with Crippen LogP contribution in [0.25, 0.3) is 0 Å². The van der Waals surface area contributed by atoms with Crippen LogP contribution in [0.5, 0.6) is 0 Å². The third-order valence-corrected chi connectivity index (χ3v) is 2.79. The Balaban J connectivity index is 2.13. The average Bonchev–Trinajstić information content (AvgIpc) is 2.69. The molecule has 0 radical (unpaired) electrons. The van der Waals surface area contributed by atoms with Crippen molar-refractivity contribution in [3.8, 4) is 0 Å². The van der Waals surface area contributed by atoms with Gasteiger partial charge < -0.3 is 15.2 Å². The molecular formula is C12H18N4O2. The number of carbonyl (C=O) groups excluding carboxylic acids is 1. The monoisotopic (exact) mass is 250 g/mol. The van der Waals surface area contributed by atoms with Gasteiger partial charge in [-0.25, -0.2) is 4.98 Å². The van der Waals surface area contributed by atoms with Crippen molar-refractivity contribution >= 4 is 11.7 Å². The van der Waals surface area contributed by atoms with E-state index in [0.717, 1.165) is 0 Å². The molecule has 1 aliphatic rings. The van der Waals surface area contributed by atoms with Crippen molar-refractivity contribution in [3.05, 3.63) is 22.7 Å². The van der Waals surface area contributed by atoms with E-state index in [0.29, 0.717) is 31.2 Å². The van der Waals surface area contributed by atoms with Crippen molar-refractivity contribution in [1.29, 1.82) is 0 Å². The summed E-state index contributed by atoms with van der Waals surface area (Å²) in [6.45, 7) is 5.32. The first-order chi connectivity index (χ1) is 8.56. The van der Waals surface area contributed by atoms with Gasteiger partial charge in [0.1, 0.15) is 0 Å². The van der Waals surface area contributed by atoms with Crippen LogP contribution in [-0.2, 0) is 11.3 Å². The number of hydrogen-bond donors (Lipinski definition) is 2. The van der Waals surface area contributed by atoms with E-state index in [1.54, 1.807) is 17.0 Å². The van der Waals surface area contributed by atoms with E-state index in [1.807, 2.05) is 0 Å². The Morgan fingerprint density at radius 1 is 1.56 bits per heavy atom. The van der Waals surface area contributed by atoms with Gasteiger partial charge in [-0.3, -0.25) is 9.59 Å². The lowest BCUT2D eigenvalue weighted by molar-refractivity contribution is -0.119. The van der Waals surface area contributed by atoms with E-state index >= 15 is 0 Å². The Morgan fingerprint density at radius 3 is 2.94 bits per heavy atom. The summed E-state index contributed by atoms with van der Waals surface area (Å²) in [6.07, 6.45) is 3.68. The molecule has 1 fully saturated rings. The fourth-order valence-corrected chi connectivity index (χ4v) is 1.98. The van der Waals surface area contributed by atoms with Crippen molar-refractivity contribution in [2.45, 2.75) is 32.9 Å². The van der Waals surface area contributed by atoms with Crippen LogP contribution in [-0.4, -0.2) is 28.0 Å². The Labute approximate surface area is 105 Å². The summed E-state index contributed by atoms with van der Waals surface area (Å²) in [5, 5.41) is 5.74. The Bertz CT molecular complexity index is 495. The molecule has 0 saturated carbocycles. The summed E-state index contributed by atoms with van der Waals surface area (Å²) < 4.78 is 1.64. The predicted octanol–water partition coefficient (Wildman–Crippen LogP) is 0.200. The third-order valence-electron chi connectivity index (χ3n) is 2.79. The van der Waals surface area contributed by atoms with Gasteiger partial charge in [0.15, 0.2) is 5.82 Å². The molecule has 6 nitrogen and oxygen atoms in total. The molecule has 0 spiro atoms. The van der Waals surface area contributed by atoms with E-state index in [9.17, 15) is 9.59 Å². The predicted molar refractivity (Wildman–Crippen MR) is 68.4 cm³/mol. The van der Waals surface area contributed by atoms with Crippen molar-refractivity contribution in [2.75, 3.05) is 11.9 Å². The van der Waals surface area contributed by atoms with Crippen LogP contribution in [0.4, 0.5) is 5.82 Å². The molecule has 1 saturated heterocycles. The summed E-state index contributed by atoms with van der Waals surface area (Å²) >= 11 is 0. The minimum atomic E-state index is -0.134. The molecule has 2 N–H and O–H groups in total. The zero-order valence-corrected chi connectivity index (χ0v) is 10.6. The number of amides is 1.